The third-order valence-electron chi connectivity index (χ3n) is 3.90. The Morgan fingerprint density at radius 2 is 1.29 bits per heavy atom. The summed E-state index contributed by atoms with van der Waals surface area (Å²) in [7, 11) is -2.82. The summed E-state index contributed by atoms with van der Waals surface area (Å²) in [6.07, 6.45) is -0.0541. The molecule has 0 aromatic carbocycles. The Morgan fingerprint density at radius 1 is 0.882 bits per heavy atom. The molecule has 0 aromatic rings. The van der Waals surface area contributed by atoms with Gasteiger partial charge in [-0.15, -0.1) is 4.76 Å². The van der Waals surface area contributed by atoms with E-state index in [0.29, 0.717) is 12.8 Å². The standard InChI is InChI=1S/C19H36N3O11P/c1-5-9-28-18(25)30-11-7-13-32-34(27,21-17(20)22(4)15(3)16(23)24)33-14-8-12-31-19(26)29-10-6-2/h15H,5-14H2,1-4H3,(H,23,24)(H2,20,21,27). The molecule has 0 bridgehead atoms. The number of carboxylic acids is 1. The van der Waals surface area contributed by atoms with E-state index in [1.807, 2.05) is 13.8 Å². The number of likely N-dealkylation sites (N-methyl/N-ethyl adjacent to an activating group) is 1. The first kappa shape index (κ1) is 31.4. The summed E-state index contributed by atoms with van der Waals surface area (Å²) < 4.78 is 46.5. The van der Waals surface area contributed by atoms with Gasteiger partial charge in [0.25, 0.3) is 0 Å². The molecule has 0 rings (SSSR count). The van der Waals surface area contributed by atoms with Crippen molar-refractivity contribution in [2.24, 2.45) is 10.5 Å². The van der Waals surface area contributed by atoms with E-state index in [-0.39, 0.29) is 58.4 Å². The summed E-state index contributed by atoms with van der Waals surface area (Å²) in [5.41, 5.74) is 5.78. The average molecular weight is 513 g/mol. The normalized spacial score (nSPS) is 12.5. The van der Waals surface area contributed by atoms with Crippen LogP contribution in [0, 0.1) is 0 Å². The second kappa shape index (κ2) is 17.8. The highest BCUT2D eigenvalue weighted by atomic mass is 31.2. The Labute approximate surface area is 199 Å². The zero-order chi connectivity index (χ0) is 26.0. The molecule has 0 fully saturated rings. The van der Waals surface area contributed by atoms with Crippen LogP contribution in [0.2, 0.25) is 0 Å². The first-order valence-corrected chi connectivity index (χ1v) is 12.3. The average Bonchev–Trinajstić information content (AvgIpc) is 2.79. The number of carbonyl (C=O) groups is 3. The third-order valence-corrected chi connectivity index (χ3v) is 5.37. The van der Waals surface area contributed by atoms with E-state index in [4.69, 9.17) is 38.8 Å². The largest absolute Gasteiger partial charge is 0.508 e. The molecule has 15 heteroatoms. The molecule has 34 heavy (non-hydrogen) atoms. The van der Waals surface area contributed by atoms with Crippen molar-refractivity contribution in [2.45, 2.75) is 52.5 Å². The van der Waals surface area contributed by atoms with Crippen molar-refractivity contribution in [3.63, 3.8) is 0 Å². The summed E-state index contributed by atoms with van der Waals surface area (Å²) in [6, 6.07) is -1.05. The lowest BCUT2D eigenvalue weighted by atomic mass is 10.3. The van der Waals surface area contributed by atoms with Crippen molar-refractivity contribution in [3.05, 3.63) is 0 Å². The van der Waals surface area contributed by atoms with E-state index in [9.17, 15) is 18.9 Å². The van der Waals surface area contributed by atoms with Gasteiger partial charge >= 0.3 is 26.0 Å². The second-order valence-electron chi connectivity index (χ2n) is 6.82. The Kier molecular flexibility index (Phi) is 16.5. The number of carboxylic acid groups (broad SMARTS) is 1. The Balaban J connectivity index is 4.86. The quantitative estimate of drug-likeness (QED) is 0.0951. The number of rotatable bonds is 17. The maximum atomic E-state index is 13.0. The Bertz CT molecular complexity index is 671. The summed E-state index contributed by atoms with van der Waals surface area (Å²) in [6.45, 7) is 5.02. The number of guanidine groups is 1. The van der Waals surface area contributed by atoms with Crippen LogP contribution in [0.5, 0.6) is 0 Å². The minimum atomic E-state index is -4.18. The molecule has 0 saturated heterocycles. The number of hydrogen-bond donors (Lipinski definition) is 2. The first-order valence-electron chi connectivity index (χ1n) is 10.9. The molecule has 1 unspecified atom stereocenters. The zero-order valence-corrected chi connectivity index (χ0v) is 21.0. The number of nitrogens with zero attached hydrogens (tertiary/aromatic N) is 2. The van der Waals surface area contributed by atoms with Crippen LogP contribution in [0.25, 0.3) is 0 Å². The molecule has 0 aromatic heterocycles. The Morgan fingerprint density at radius 3 is 1.68 bits per heavy atom. The van der Waals surface area contributed by atoms with Gasteiger partial charge in [0.15, 0.2) is 0 Å². The molecule has 0 spiro atoms. The minimum Gasteiger partial charge on any atom is -0.480 e. The van der Waals surface area contributed by atoms with Crippen molar-refractivity contribution in [2.75, 3.05) is 46.7 Å². The second-order valence-corrected chi connectivity index (χ2v) is 8.47. The van der Waals surface area contributed by atoms with Gasteiger partial charge in [-0.25, -0.2) is 18.9 Å². The number of hydrogen-bond acceptors (Lipinski definition) is 10. The van der Waals surface area contributed by atoms with Crippen molar-refractivity contribution in [1.29, 1.82) is 0 Å². The zero-order valence-electron chi connectivity index (χ0n) is 20.1. The topological polar surface area (TPSA) is 186 Å². The van der Waals surface area contributed by atoms with Crippen LogP contribution in [-0.2, 0) is 37.4 Å². The molecular weight excluding hydrogens is 477 g/mol. The fourth-order valence-corrected chi connectivity index (χ4v) is 3.20. The van der Waals surface area contributed by atoms with Crippen molar-refractivity contribution >= 4 is 32.0 Å². The van der Waals surface area contributed by atoms with Crippen LogP contribution in [0.1, 0.15) is 46.5 Å². The molecule has 1 atom stereocenters. The lowest BCUT2D eigenvalue weighted by Gasteiger charge is -2.23. The number of ether oxygens (including phenoxy) is 4. The van der Waals surface area contributed by atoms with Crippen LogP contribution in [0.15, 0.2) is 4.76 Å². The molecular formula is C19H36N3O11P. The molecule has 0 radical (unpaired) electrons. The molecule has 14 nitrogen and oxygen atoms in total. The molecule has 0 heterocycles. The number of aliphatic carboxylic acids is 1. The van der Waals surface area contributed by atoms with Gasteiger partial charge < -0.3 is 34.7 Å². The summed E-state index contributed by atoms with van der Waals surface area (Å²) in [5, 5.41) is 9.11. The molecule has 0 aliphatic rings. The van der Waals surface area contributed by atoms with Gasteiger partial charge in [-0.1, -0.05) is 13.8 Å². The van der Waals surface area contributed by atoms with Gasteiger partial charge in [0.05, 0.1) is 39.6 Å². The van der Waals surface area contributed by atoms with Gasteiger partial charge in [-0.3, -0.25) is 9.05 Å². The first-order chi connectivity index (χ1) is 16.1. The van der Waals surface area contributed by atoms with Gasteiger partial charge in [0.2, 0.25) is 5.96 Å². The molecule has 198 valence electrons. The molecule has 0 amide bonds. The monoisotopic (exact) mass is 513 g/mol. The smallest absolute Gasteiger partial charge is 0.480 e. The predicted octanol–water partition coefficient (Wildman–Crippen LogP) is 2.75. The van der Waals surface area contributed by atoms with Crippen LogP contribution in [0.4, 0.5) is 9.59 Å². The van der Waals surface area contributed by atoms with Crippen molar-refractivity contribution in [3.8, 4) is 0 Å². The van der Waals surface area contributed by atoms with Crippen molar-refractivity contribution < 1.29 is 52.1 Å². The third kappa shape index (κ3) is 14.6. The molecule has 0 saturated carbocycles. The van der Waals surface area contributed by atoms with Gasteiger partial charge in [0, 0.05) is 19.9 Å². The van der Waals surface area contributed by atoms with E-state index >= 15 is 0 Å². The summed E-state index contributed by atoms with van der Waals surface area (Å²) >= 11 is 0. The van der Waals surface area contributed by atoms with E-state index < -0.39 is 32.1 Å². The maximum Gasteiger partial charge on any atom is 0.508 e. The summed E-state index contributed by atoms with van der Waals surface area (Å²) in [5.74, 6) is -1.55. The summed E-state index contributed by atoms with van der Waals surface area (Å²) in [4.78, 5) is 34.9. The molecule has 0 aliphatic carbocycles. The van der Waals surface area contributed by atoms with Gasteiger partial charge in [-0.2, -0.15) is 0 Å². The SMILES string of the molecule is CCCOC(=O)OCCCOP(=O)(N=C(N)N(C)C(C)C(=O)O)OCCCOC(=O)OCCC. The van der Waals surface area contributed by atoms with E-state index in [1.54, 1.807) is 0 Å². The fourth-order valence-electron chi connectivity index (χ4n) is 1.90. The predicted molar refractivity (Wildman–Crippen MR) is 120 cm³/mol. The van der Waals surface area contributed by atoms with Gasteiger partial charge in [-0.05, 0) is 19.8 Å². The number of nitrogens with two attached hydrogens (primary N) is 1. The minimum absolute atomic E-state index is 0.0641. The van der Waals surface area contributed by atoms with E-state index in [1.165, 1.54) is 14.0 Å². The molecule has 3 N–H and O–H groups in total. The number of carbonyl (C=O) groups excluding carboxylic acids is 2. The highest BCUT2D eigenvalue weighted by Crippen LogP contribution is 2.50. The molecule has 0 aliphatic heterocycles. The van der Waals surface area contributed by atoms with E-state index in [2.05, 4.69) is 4.76 Å². The maximum absolute atomic E-state index is 13.0. The fraction of sp³-hybridized carbons (Fsp3) is 0.789. The highest BCUT2D eigenvalue weighted by molar-refractivity contribution is 7.52. The van der Waals surface area contributed by atoms with Gasteiger partial charge in [0.1, 0.15) is 6.04 Å². The highest BCUT2D eigenvalue weighted by Gasteiger charge is 2.28. The Hall–Kier alpha value is -2.57. The van der Waals surface area contributed by atoms with Crippen LogP contribution < -0.4 is 5.73 Å². The van der Waals surface area contributed by atoms with Crippen molar-refractivity contribution in [1.82, 2.24) is 4.90 Å². The lowest BCUT2D eigenvalue weighted by Crippen LogP contribution is -2.44. The van der Waals surface area contributed by atoms with Crippen LogP contribution in [0.3, 0.4) is 0 Å². The van der Waals surface area contributed by atoms with Crippen LogP contribution in [-0.4, -0.2) is 87.0 Å². The van der Waals surface area contributed by atoms with E-state index in [0.717, 1.165) is 4.90 Å². The van der Waals surface area contributed by atoms with Crippen LogP contribution >= 0.6 is 7.75 Å². The lowest BCUT2D eigenvalue weighted by molar-refractivity contribution is -0.140.